The summed E-state index contributed by atoms with van der Waals surface area (Å²) in [5, 5.41) is 4.03. The van der Waals surface area contributed by atoms with E-state index in [9.17, 15) is 4.79 Å². The van der Waals surface area contributed by atoms with Crippen LogP contribution < -0.4 is 5.69 Å². The molecular weight excluding hydrogens is 234 g/mol. The van der Waals surface area contributed by atoms with E-state index in [0.29, 0.717) is 0 Å². The highest BCUT2D eigenvalue weighted by Crippen LogP contribution is 2.07. The van der Waals surface area contributed by atoms with Crippen molar-refractivity contribution >= 4 is 12.6 Å². The van der Waals surface area contributed by atoms with Gasteiger partial charge in [-0.15, -0.1) is 0 Å². The fourth-order valence-electron chi connectivity index (χ4n) is 1.83. The highest BCUT2D eigenvalue weighted by Gasteiger charge is 2.00. The van der Waals surface area contributed by atoms with Gasteiger partial charge in [0.15, 0.2) is 0 Å². The number of hydrogen-bond donors (Lipinski definition) is 1. The summed E-state index contributed by atoms with van der Waals surface area (Å²) in [5.74, 6) is 1.00. The maximum atomic E-state index is 11.5. The summed E-state index contributed by atoms with van der Waals surface area (Å²) in [6, 6.07) is 0. The number of aromatic nitrogens is 3. The van der Waals surface area contributed by atoms with Crippen molar-refractivity contribution in [3.8, 4) is 0 Å². The van der Waals surface area contributed by atoms with Gasteiger partial charge in [0.1, 0.15) is 6.33 Å². The minimum Gasteiger partial charge on any atom is -0.285 e. The van der Waals surface area contributed by atoms with Crippen molar-refractivity contribution in [3.05, 3.63) is 16.8 Å². The molecule has 0 radical (unpaired) electrons. The Morgan fingerprint density at radius 1 is 1.12 bits per heavy atom. The zero-order chi connectivity index (χ0) is 12.5. The second-order valence-electron chi connectivity index (χ2n) is 4.45. The minimum atomic E-state index is -0.0150. The van der Waals surface area contributed by atoms with Gasteiger partial charge in [-0.2, -0.15) is 17.7 Å². The first kappa shape index (κ1) is 14.4. The van der Waals surface area contributed by atoms with Crippen molar-refractivity contribution in [1.82, 2.24) is 14.3 Å². The van der Waals surface area contributed by atoms with Gasteiger partial charge < -0.3 is 0 Å². The van der Waals surface area contributed by atoms with Crippen LogP contribution in [0, 0.1) is 0 Å². The van der Waals surface area contributed by atoms with E-state index >= 15 is 0 Å². The predicted molar refractivity (Wildman–Crippen MR) is 73.6 cm³/mol. The summed E-state index contributed by atoms with van der Waals surface area (Å²) in [6.45, 7) is 0.746. The Labute approximate surface area is 108 Å². The van der Waals surface area contributed by atoms with E-state index in [1.54, 1.807) is 18.1 Å². The number of rotatable bonds is 9. The van der Waals surface area contributed by atoms with E-state index in [2.05, 4.69) is 17.7 Å². The van der Waals surface area contributed by atoms with E-state index in [1.807, 2.05) is 0 Å². The van der Waals surface area contributed by atoms with Gasteiger partial charge in [-0.3, -0.25) is 4.57 Å². The molecule has 0 bridgehead atoms. The third kappa shape index (κ3) is 5.44. The van der Waals surface area contributed by atoms with Crippen LogP contribution in [-0.4, -0.2) is 20.1 Å². The molecule has 98 valence electrons. The molecular formula is C12H23N3OS. The summed E-state index contributed by atoms with van der Waals surface area (Å²) in [4.78, 5) is 11.5. The predicted octanol–water partition coefficient (Wildman–Crippen LogP) is 2.24. The normalized spacial score (nSPS) is 10.9. The van der Waals surface area contributed by atoms with Crippen LogP contribution in [0.4, 0.5) is 0 Å². The fraction of sp³-hybridized carbons (Fsp3) is 0.833. The molecule has 0 N–H and O–H groups in total. The standard InChI is InChI=1S/C12H23N3OS/c1-14-11-13-15(12(14)16)9-7-5-3-2-4-6-8-10-17/h11,17H,2-10H2,1H3. The number of unbranched alkanes of at least 4 members (excludes halogenated alkanes) is 6. The van der Waals surface area contributed by atoms with Crippen LogP contribution in [0.15, 0.2) is 11.1 Å². The van der Waals surface area contributed by atoms with Crippen LogP contribution in [0.25, 0.3) is 0 Å². The summed E-state index contributed by atoms with van der Waals surface area (Å²) >= 11 is 4.19. The fourth-order valence-corrected chi connectivity index (χ4v) is 2.05. The molecule has 1 heterocycles. The largest absolute Gasteiger partial charge is 0.345 e. The summed E-state index contributed by atoms with van der Waals surface area (Å²) in [6.07, 6.45) is 10.2. The smallest absolute Gasteiger partial charge is 0.285 e. The van der Waals surface area contributed by atoms with Crippen molar-refractivity contribution in [2.75, 3.05) is 5.75 Å². The van der Waals surface area contributed by atoms with Crippen LogP contribution in [0.3, 0.4) is 0 Å². The summed E-state index contributed by atoms with van der Waals surface area (Å²) in [5.41, 5.74) is -0.0150. The molecule has 1 aromatic rings. The van der Waals surface area contributed by atoms with E-state index in [4.69, 9.17) is 0 Å². The van der Waals surface area contributed by atoms with Gasteiger partial charge in [-0.25, -0.2) is 9.48 Å². The number of nitrogens with zero attached hydrogens (tertiary/aromatic N) is 3. The first-order chi connectivity index (χ1) is 8.25. The molecule has 5 heteroatoms. The molecule has 17 heavy (non-hydrogen) atoms. The van der Waals surface area contributed by atoms with Crippen molar-refractivity contribution in [2.24, 2.45) is 7.05 Å². The topological polar surface area (TPSA) is 39.8 Å². The van der Waals surface area contributed by atoms with Crippen LogP contribution in [0.1, 0.15) is 44.9 Å². The van der Waals surface area contributed by atoms with Gasteiger partial charge in [0.25, 0.3) is 0 Å². The second-order valence-corrected chi connectivity index (χ2v) is 4.89. The second kappa shape index (κ2) is 8.39. The summed E-state index contributed by atoms with van der Waals surface area (Å²) < 4.78 is 3.05. The maximum Gasteiger partial charge on any atom is 0.345 e. The molecule has 0 aliphatic carbocycles. The Hall–Kier alpha value is -0.710. The molecule has 1 aromatic heterocycles. The lowest BCUT2D eigenvalue weighted by Gasteiger charge is -2.01. The average molecular weight is 257 g/mol. The Morgan fingerprint density at radius 2 is 1.71 bits per heavy atom. The van der Waals surface area contributed by atoms with E-state index < -0.39 is 0 Å². The third-order valence-corrected chi connectivity index (χ3v) is 3.23. The van der Waals surface area contributed by atoms with E-state index in [0.717, 1.165) is 18.7 Å². The molecule has 4 nitrogen and oxygen atoms in total. The van der Waals surface area contributed by atoms with Crippen molar-refractivity contribution < 1.29 is 0 Å². The van der Waals surface area contributed by atoms with Crippen LogP contribution >= 0.6 is 12.6 Å². The first-order valence-electron chi connectivity index (χ1n) is 6.45. The quantitative estimate of drug-likeness (QED) is 0.544. The van der Waals surface area contributed by atoms with Gasteiger partial charge in [0, 0.05) is 13.6 Å². The van der Waals surface area contributed by atoms with Gasteiger partial charge in [-0.1, -0.05) is 32.1 Å². The lowest BCUT2D eigenvalue weighted by atomic mass is 10.1. The molecule has 0 saturated heterocycles. The molecule has 1 rings (SSSR count). The van der Waals surface area contributed by atoms with Crippen molar-refractivity contribution in [3.63, 3.8) is 0 Å². The van der Waals surface area contributed by atoms with Crippen molar-refractivity contribution in [1.29, 1.82) is 0 Å². The zero-order valence-corrected chi connectivity index (χ0v) is 11.5. The monoisotopic (exact) mass is 257 g/mol. The lowest BCUT2D eigenvalue weighted by molar-refractivity contribution is 0.510. The van der Waals surface area contributed by atoms with Crippen LogP contribution in [0.2, 0.25) is 0 Å². The lowest BCUT2D eigenvalue weighted by Crippen LogP contribution is -2.22. The Bertz CT molecular complexity index is 359. The van der Waals surface area contributed by atoms with Gasteiger partial charge >= 0.3 is 5.69 Å². The van der Waals surface area contributed by atoms with Crippen LogP contribution in [0.5, 0.6) is 0 Å². The highest BCUT2D eigenvalue weighted by molar-refractivity contribution is 7.80. The van der Waals surface area contributed by atoms with Gasteiger partial charge in [0.2, 0.25) is 0 Å². The van der Waals surface area contributed by atoms with E-state index in [1.165, 1.54) is 43.1 Å². The van der Waals surface area contributed by atoms with Gasteiger partial charge in [0.05, 0.1) is 0 Å². The Balaban J connectivity index is 2.01. The molecule has 0 amide bonds. The molecule has 0 saturated carbocycles. The molecule has 0 aliphatic heterocycles. The van der Waals surface area contributed by atoms with Crippen molar-refractivity contribution in [2.45, 2.75) is 51.5 Å². The van der Waals surface area contributed by atoms with E-state index in [-0.39, 0.29) is 5.69 Å². The average Bonchev–Trinajstić information content (AvgIpc) is 2.64. The summed E-state index contributed by atoms with van der Waals surface area (Å²) in [7, 11) is 1.73. The third-order valence-electron chi connectivity index (χ3n) is 2.91. The number of hydrogen-bond acceptors (Lipinski definition) is 3. The molecule has 0 spiro atoms. The van der Waals surface area contributed by atoms with Crippen LogP contribution in [-0.2, 0) is 13.6 Å². The molecule has 0 aliphatic rings. The number of thiol groups is 1. The highest BCUT2D eigenvalue weighted by atomic mass is 32.1. The maximum absolute atomic E-state index is 11.5. The zero-order valence-electron chi connectivity index (χ0n) is 10.6. The first-order valence-corrected chi connectivity index (χ1v) is 7.08. The Kier molecular flexibility index (Phi) is 7.08. The Morgan fingerprint density at radius 3 is 2.24 bits per heavy atom. The molecule has 0 atom stereocenters. The molecule has 0 unspecified atom stereocenters. The molecule has 0 aromatic carbocycles. The SMILES string of the molecule is Cn1cnn(CCCCCCCCCS)c1=O. The minimum absolute atomic E-state index is 0.0150. The molecule has 0 fully saturated rings. The van der Waals surface area contributed by atoms with Gasteiger partial charge in [-0.05, 0) is 18.6 Å². The number of aryl methyl sites for hydroxylation is 2.